The number of unbranched alkanes of at least 4 members (excludes halogenated alkanes) is 11. The van der Waals surface area contributed by atoms with Crippen LogP contribution in [0.3, 0.4) is 0 Å². The summed E-state index contributed by atoms with van der Waals surface area (Å²) in [5.74, 6) is 1.07. The molecule has 174 valence electrons. The Morgan fingerprint density at radius 1 is 0.793 bits per heavy atom. The number of hydrogen-bond acceptors (Lipinski definition) is 2. The van der Waals surface area contributed by atoms with Gasteiger partial charge in [-0.25, -0.2) is 0 Å². The first-order valence-corrected chi connectivity index (χ1v) is 14.3. The van der Waals surface area contributed by atoms with Crippen molar-refractivity contribution in [3.05, 3.63) is 0 Å². The van der Waals surface area contributed by atoms with Crippen LogP contribution < -0.4 is 0 Å². The predicted octanol–water partition coefficient (Wildman–Crippen LogP) is 7.16. The van der Waals surface area contributed by atoms with Gasteiger partial charge in [-0.3, -0.25) is 4.57 Å². The maximum absolute atomic E-state index is 12.0. The second-order valence-electron chi connectivity index (χ2n) is 10.4. The molecule has 0 aromatic carbocycles. The van der Waals surface area contributed by atoms with E-state index in [0.717, 1.165) is 29.8 Å². The van der Waals surface area contributed by atoms with Crippen molar-refractivity contribution in [1.82, 2.24) is 0 Å². The van der Waals surface area contributed by atoms with Gasteiger partial charge in [-0.1, -0.05) is 103 Å². The normalized spacial score (nSPS) is 17.7. The van der Waals surface area contributed by atoms with Gasteiger partial charge < -0.3 is 13.9 Å². The van der Waals surface area contributed by atoms with E-state index in [1.807, 2.05) is 0 Å². The van der Waals surface area contributed by atoms with Crippen LogP contribution >= 0.6 is 7.60 Å². The molecule has 1 atom stereocenters. The third kappa shape index (κ3) is 17.5. The lowest BCUT2D eigenvalue weighted by Gasteiger charge is -2.24. The minimum Gasteiger partial charge on any atom is -0.329 e. The van der Waals surface area contributed by atoms with Crippen molar-refractivity contribution in [3.63, 3.8) is 0 Å². The molecule has 0 aromatic heterocycles. The molecule has 1 saturated carbocycles. The Labute approximate surface area is 181 Å². The summed E-state index contributed by atoms with van der Waals surface area (Å²) >= 11 is 0. The fourth-order valence-electron chi connectivity index (χ4n) is 4.33. The Hall–Kier alpha value is 0.110. The second-order valence-corrected chi connectivity index (χ2v) is 12.4. The number of rotatable bonds is 19. The van der Waals surface area contributed by atoms with Crippen LogP contribution in [-0.2, 0) is 9.09 Å². The minimum absolute atomic E-state index is 0.310. The molecule has 0 bridgehead atoms. The Morgan fingerprint density at radius 3 is 1.72 bits per heavy atom. The maximum atomic E-state index is 12.0. The van der Waals surface area contributed by atoms with Gasteiger partial charge in [0.1, 0.15) is 13.2 Å². The third-order valence-electron chi connectivity index (χ3n) is 6.33. The lowest BCUT2D eigenvalue weighted by molar-refractivity contribution is -0.870. The van der Waals surface area contributed by atoms with Crippen LogP contribution in [0.15, 0.2) is 0 Å². The highest BCUT2D eigenvalue weighted by Crippen LogP contribution is 2.42. The average Bonchev–Trinajstić information content (AvgIpc) is 3.14. The van der Waals surface area contributed by atoms with Gasteiger partial charge in [0, 0.05) is 6.16 Å². The molecule has 1 aliphatic carbocycles. The molecule has 4 nitrogen and oxygen atoms in total. The molecule has 1 N–H and O–H groups in total. The molecule has 0 amide bonds. The van der Waals surface area contributed by atoms with E-state index in [1.54, 1.807) is 0 Å². The summed E-state index contributed by atoms with van der Waals surface area (Å²) in [6.45, 7) is 1.11. The van der Waals surface area contributed by atoms with Crippen molar-refractivity contribution >= 4 is 7.60 Å². The molecule has 0 aromatic rings. The van der Waals surface area contributed by atoms with Crippen molar-refractivity contribution in [3.8, 4) is 0 Å². The first-order valence-electron chi connectivity index (χ1n) is 12.6. The molecule has 0 saturated heterocycles. The Bertz CT molecular complexity index is 430. The van der Waals surface area contributed by atoms with Gasteiger partial charge in [0.15, 0.2) is 0 Å². The van der Waals surface area contributed by atoms with E-state index < -0.39 is 7.60 Å². The summed E-state index contributed by atoms with van der Waals surface area (Å²) in [7, 11) is 2.80. The molecule has 1 aliphatic rings. The molecule has 1 rings (SSSR count). The fourth-order valence-corrected chi connectivity index (χ4v) is 5.45. The SMILES string of the molecule is C[N+](C)(C)CCOP(=O)(O)CCCCCCCCCCCCCCC1CCCC1. The van der Waals surface area contributed by atoms with E-state index in [1.165, 1.54) is 96.3 Å². The van der Waals surface area contributed by atoms with Crippen LogP contribution in [0.25, 0.3) is 0 Å². The average molecular weight is 433 g/mol. The predicted molar refractivity (Wildman–Crippen MR) is 126 cm³/mol. The van der Waals surface area contributed by atoms with Crippen LogP contribution in [0.1, 0.15) is 109 Å². The molecular formula is C24H51NO3P+. The van der Waals surface area contributed by atoms with Crippen LogP contribution in [0.5, 0.6) is 0 Å². The summed E-state index contributed by atoms with van der Waals surface area (Å²) in [6, 6.07) is 0. The maximum Gasteiger partial charge on any atom is 0.328 e. The van der Waals surface area contributed by atoms with E-state index in [4.69, 9.17) is 4.52 Å². The van der Waals surface area contributed by atoms with Crippen LogP contribution in [0.4, 0.5) is 0 Å². The lowest BCUT2D eigenvalue weighted by atomic mass is 9.99. The van der Waals surface area contributed by atoms with Crippen molar-refractivity contribution in [2.75, 3.05) is 40.5 Å². The van der Waals surface area contributed by atoms with Gasteiger partial charge in [0.25, 0.3) is 0 Å². The summed E-state index contributed by atoms with van der Waals surface area (Å²) < 4.78 is 18.0. The standard InChI is InChI=1S/C24H50NO3P/c1-25(2,3)21-22-28-29(26,27)23-17-13-11-9-7-5-4-6-8-10-12-14-18-24-19-15-16-20-24/h24H,4-23H2,1-3H3/p+1. The number of nitrogens with zero attached hydrogens (tertiary/aromatic N) is 1. The monoisotopic (exact) mass is 432 g/mol. The van der Waals surface area contributed by atoms with Gasteiger partial charge in [0.05, 0.1) is 21.1 Å². The largest absolute Gasteiger partial charge is 0.329 e. The highest BCUT2D eigenvalue weighted by Gasteiger charge is 2.20. The topological polar surface area (TPSA) is 46.5 Å². The van der Waals surface area contributed by atoms with Crippen LogP contribution in [0, 0.1) is 5.92 Å². The van der Waals surface area contributed by atoms with E-state index in [0.29, 0.717) is 12.8 Å². The Balaban J connectivity index is 1.78. The van der Waals surface area contributed by atoms with Gasteiger partial charge in [-0.2, -0.15) is 0 Å². The van der Waals surface area contributed by atoms with Crippen molar-refractivity contribution in [2.24, 2.45) is 5.92 Å². The summed E-state index contributed by atoms with van der Waals surface area (Å²) in [5.41, 5.74) is 0. The highest BCUT2D eigenvalue weighted by atomic mass is 31.2. The van der Waals surface area contributed by atoms with E-state index in [9.17, 15) is 9.46 Å². The lowest BCUT2D eigenvalue weighted by Crippen LogP contribution is -2.37. The smallest absolute Gasteiger partial charge is 0.328 e. The zero-order chi connectivity index (χ0) is 21.4. The molecule has 29 heavy (non-hydrogen) atoms. The quantitative estimate of drug-likeness (QED) is 0.134. The van der Waals surface area contributed by atoms with Crippen molar-refractivity contribution < 1.29 is 18.5 Å². The molecule has 0 radical (unpaired) electrons. The molecule has 0 spiro atoms. The zero-order valence-corrected chi connectivity index (χ0v) is 20.8. The second kappa shape index (κ2) is 15.8. The number of hydrogen-bond donors (Lipinski definition) is 1. The van der Waals surface area contributed by atoms with E-state index >= 15 is 0 Å². The first-order chi connectivity index (χ1) is 13.8. The molecule has 5 heteroatoms. The number of quaternary nitrogens is 1. The number of likely N-dealkylation sites (N-methyl/N-ethyl adjacent to an activating group) is 1. The molecule has 0 heterocycles. The van der Waals surface area contributed by atoms with Crippen molar-refractivity contribution in [2.45, 2.75) is 109 Å². The van der Waals surface area contributed by atoms with E-state index in [2.05, 4.69) is 21.1 Å². The summed E-state index contributed by atoms with van der Waals surface area (Å²) in [4.78, 5) is 9.87. The molecule has 1 fully saturated rings. The van der Waals surface area contributed by atoms with Crippen molar-refractivity contribution in [1.29, 1.82) is 0 Å². The van der Waals surface area contributed by atoms with E-state index in [-0.39, 0.29) is 0 Å². The molecular weight excluding hydrogens is 381 g/mol. The van der Waals surface area contributed by atoms with Crippen LogP contribution in [0.2, 0.25) is 0 Å². The molecule has 0 aliphatic heterocycles. The highest BCUT2D eigenvalue weighted by molar-refractivity contribution is 7.52. The van der Waals surface area contributed by atoms with Crippen LogP contribution in [-0.4, -0.2) is 49.8 Å². The first kappa shape index (κ1) is 27.1. The Kier molecular flexibility index (Phi) is 14.8. The summed E-state index contributed by atoms with van der Waals surface area (Å²) in [6.07, 6.45) is 23.3. The van der Waals surface area contributed by atoms with Gasteiger partial charge in [-0.05, 0) is 12.3 Å². The minimum atomic E-state index is -3.38. The Morgan fingerprint density at radius 2 is 1.24 bits per heavy atom. The molecule has 1 unspecified atom stereocenters. The third-order valence-corrected chi connectivity index (χ3v) is 7.80. The zero-order valence-electron chi connectivity index (χ0n) is 19.9. The van der Waals surface area contributed by atoms with Gasteiger partial charge in [-0.15, -0.1) is 0 Å². The van der Waals surface area contributed by atoms with Gasteiger partial charge >= 0.3 is 7.60 Å². The van der Waals surface area contributed by atoms with Gasteiger partial charge in [0.2, 0.25) is 0 Å². The summed E-state index contributed by atoms with van der Waals surface area (Å²) in [5, 5.41) is 0. The fraction of sp³-hybridized carbons (Fsp3) is 1.00.